The Morgan fingerprint density at radius 3 is 2.35 bits per heavy atom. The second-order valence-corrected chi connectivity index (χ2v) is 6.36. The Labute approximate surface area is 125 Å². The minimum Gasteiger partial charge on any atom is -0.310 e. The molecule has 1 atom stereocenters. The number of nitrogens with one attached hydrogen (secondary N) is 1. The molecule has 0 aliphatic rings. The van der Waals surface area contributed by atoms with Gasteiger partial charge in [-0.2, -0.15) is 0 Å². The largest absolute Gasteiger partial charge is 0.310 e. The zero-order valence-electron chi connectivity index (χ0n) is 13.9. The van der Waals surface area contributed by atoms with Crippen LogP contribution in [0.5, 0.6) is 0 Å². The molecule has 0 saturated carbocycles. The van der Waals surface area contributed by atoms with Gasteiger partial charge < -0.3 is 10.2 Å². The number of aryl methyl sites for hydroxylation is 1. The van der Waals surface area contributed by atoms with E-state index < -0.39 is 0 Å². The summed E-state index contributed by atoms with van der Waals surface area (Å²) < 4.78 is 0. The summed E-state index contributed by atoms with van der Waals surface area (Å²) >= 11 is 0. The summed E-state index contributed by atoms with van der Waals surface area (Å²) in [6.45, 7) is 12.3. The van der Waals surface area contributed by atoms with Crippen molar-refractivity contribution in [3.05, 3.63) is 35.4 Å². The van der Waals surface area contributed by atoms with Crippen molar-refractivity contribution in [3.8, 4) is 0 Å². The topological polar surface area (TPSA) is 15.3 Å². The first-order valence-electron chi connectivity index (χ1n) is 8.01. The first-order chi connectivity index (χ1) is 9.52. The lowest BCUT2D eigenvalue weighted by molar-refractivity contribution is 0.276. The van der Waals surface area contributed by atoms with Crippen molar-refractivity contribution in [2.75, 3.05) is 26.7 Å². The summed E-state index contributed by atoms with van der Waals surface area (Å²) in [5.41, 5.74) is 2.75. The maximum atomic E-state index is 3.69. The Bertz CT molecular complexity index is 356. The first-order valence-corrected chi connectivity index (χ1v) is 8.01. The predicted molar refractivity (Wildman–Crippen MR) is 89.2 cm³/mol. The van der Waals surface area contributed by atoms with Crippen LogP contribution >= 0.6 is 0 Å². The maximum Gasteiger partial charge on any atom is 0.0332 e. The molecular formula is C18H32N2. The monoisotopic (exact) mass is 276 g/mol. The van der Waals surface area contributed by atoms with Gasteiger partial charge in [-0.25, -0.2) is 0 Å². The third-order valence-corrected chi connectivity index (χ3v) is 3.60. The molecule has 0 aliphatic carbocycles. The predicted octanol–water partition coefficient (Wildman–Crippen LogP) is 4.01. The van der Waals surface area contributed by atoms with Crippen LogP contribution in [0, 0.1) is 12.8 Å². The molecule has 0 spiro atoms. The van der Waals surface area contributed by atoms with Crippen molar-refractivity contribution < 1.29 is 0 Å². The van der Waals surface area contributed by atoms with E-state index in [9.17, 15) is 0 Å². The molecule has 1 N–H and O–H groups in total. The Hall–Kier alpha value is -0.860. The van der Waals surface area contributed by atoms with Gasteiger partial charge in [0.2, 0.25) is 0 Å². The minimum absolute atomic E-state index is 0.477. The Morgan fingerprint density at radius 2 is 1.80 bits per heavy atom. The lowest BCUT2D eigenvalue weighted by Crippen LogP contribution is -2.29. The second kappa shape index (κ2) is 9.15. The normalized spacial score (nSPS) is 13.2. The minimum atomic E-state index is 0.477. The highest BCUT2D eigenvalue weighted by Crippen LogP contribution is 2.18. The average Bonchev–Trinajstić information content (AvgIpc) is 2.39. The van der Waals surface area contributed by atoms with Crippen LogP contribution in [0.25, 0.3) is 0 Å². The molecule has 0 aliphatic heterocycles. The van der Waals surface area contributed by atoms with Gasteiger partial charge in [-0.1, -0.05) is 50.6 Å². The van der Waals surface area contributed by atoms with E-state index in [0.29, 0.717) is 6.04 Å². The van der Waals surface area contributed by atoms with E-state index in [1.54, 1.807) is 0 Å². The smallest absolute Gasteiger partial charge is 0.0332 e. The van der Waals surface area contributed by atoms with Crippen LogP contribution in [0.4, 0.5) is 0 Å². The third-order valence-electron chi connectivity index (χ3n) is 3.60. The summed E-state index contributed by atoms with van der Waals surface area (Å²) in [5, 5.41) is 3.69. The Balaban J connectivity index is 2.57. The molecule has 1 rings (SSSR count). The van der Waals surface area contributed by atoms with Gasteiger partial charge in [-0.3, -0.25) is 0 Å². The quantitative estimate of drug-likeness (QED) is 0.733. The van der Waals surface area contributed by atoms with Gasteiger partial charge in [0.15, 0.2) is 0 Å². The lowest BCUT2D eigenvalue weighted by atomic mass is 10.0. The fourth-order valence-corrected chi connectivity index (χ4v) is 2.57. The van der Waals surface area contributed by atoms with Gasteiger partial charge in [0.1, 0.15) is 0 Å². The average molecular weight is 276 g/mol. The molecule has 1 aromatic rings. The van der Waals surface area contributed by atoms with Crippen LogP contribution in [0.3, 0.4) is 0 Å². The fraction of sp³-hybridized carbons (Fsp3) is 0.667. The molecule has 2 nitrogen and oxygen atoms in total. The number of rotatable bonds is 9. The van der Waals surface area contributed by atoms with Crippen LogP contribution < -0.4 is 5.32 Å². The zero-order chi connectivity index (χ0) is 15.0. The molecule has 0 radical (unpaired) electrons. The van der Waals surface area contributed by atoms with E-state index in [4.69, 9.17) is 0 Å². The van der Waals surface area contributed by atoms with E-state index in [1.165, 1.54) is 30.5 Å². The number of hydrogen-bond acceptors (Lipinski definition) is 2. The molecule has 114 valence electrons. The van der Waals surface area contributed by atoms with E-state index in [2.05, 4.69) is 69.2 Å². The van der Waals surface area contributed by atoms with Crippen LogP contribution in [0.2, 0.25) is 0 Å². The van der Waals surface area contributed by atoms with E-state index in [-0.39, 0.29) is 0 Å². The van der Waals surface area contributed by atoms with Gasteiger partial charge in [0, 0.05) is 12.6 Å². The molecule has 0 fully saturated rings. The molecule has 1 aromatic carbocycles. The number of nitrogens with zero attached hydrogens (tertiary/aromatic N) is 1. The van der Waals surface area contributed by atoms with Crippen molar-refractivity contribution in [1.82, 2.24) is 10.2 Å². The summed E-state index contributed by atoms with van der Waals surface area (Å²) in [6, 6.07) is 9.45. The molecule has 0 heterocycles. The summed E-state index contributed by atoms with van der Waals surface area (Å²) in [4.78, 5) is 2.44. The standard InChI is InChI=1S/C18H32N2/c1-6-12-19-18(11-13-20(5)14-15(2)3)17-9-7-16(4)8-10-17/h7-10,15,18-19H,6,11-14H2,1-5H3. The van der Waals surface area contributed by atoms with Crippen molar-refractivity contribution in [2.45, 2.75) is 46.6 Å². The second-order valence-electron chi connectivity index (χ2n) is 6.36. The van der Waals surface area contributed by atoms with Crippen LogP contribution in [-0.4, -0.2) is 31.6 Å². The van der Waals surface area contributed by atoms with Crippen molar-refractivity contribution in [3.63, 3.8) is 0 Å². The van der Waals surface area contributed by atoms with Crippen molar-refractivity contribution in [1.29, 1.82) is 0 Å². The summed E-state index contributed by atoms with van der Waals surface area (Å²) in [7, 11) is 2.23. The van der Waals surface area contributed by atoms with E-state index in [0.717, 1.165) is 19.0 Å². The van der Waals surface area contributed by atoms with E-state index >= 15 is 0 Å². The Kier molecular flexibility index (Phi) is 7.86. The molecular weight excluding hydrogens is 244 g/mol. The molecule has 0 bridgehead atoms. The van der Waals surface area contributed by atoms with Crippen LogP contribution in [-0.2, 0) is 0 Å². The van der Waals surface area contributed by atoms with E-state index in [1.807, 2.05) is 0 Å². The van der Waals surface area contributed by atoms with Gasteiger partial charge in [0.05, 0.1) is 0 Å². The first kappa shape index (κ1) is 17.2. The van der Waals surface area contributed by atoms with Gasteiger partial charge in [0.25, 0.3) is 0 Å². The molecule has 0 saturated heterocycles. The van der Waals surface area contributed by atoms with Crippen LogP contribution in [0.15, 0.2) is 24.3 Å². The highest BCUT2D eigenvalue weighted by molar-refractivity contribution is 5.24. The number of hydrogen-bond donors (Lipinski definition) is 1. The molecule has 1 unspecified atom stereocenters. The van der Waals surface area contributed by atoms with Crippen molar-refractivity contribution >= 4 is 0 Å². The maximum absolute atomic E-state index is 3.69. The van der Waals surface area contributed by atoms with Gasteiger partial charge in [-0.15, -0.1) is 0 Å². The lowest BCUT2D eigenvalue weighted by Gasteiger charge is -2.24. The summed E-state index contributed by atoms with van der Waals surface area (Å²) in [5.74, 6) is 0.737. The Morgan fingerprint density at radius 1 is 1.15 bits per heavy atom. The fourth-order valence-electron chi connectivity index (χ4n) is 2.57. The molecule has 0 aromatic heterocycles. The highest BCUT2D eigenvalue weighted by atomic mass is 15.1. The van der Waals surface area contributed by atoms with Crippen LogP contribution in [0.1, 0.15) is 50.8 Å². The zero-order valence-corrected chi connectivity index (χ0v) is 13.9. The third kappa shape index (κ3) is 6.53. The highest BCUT2D eigenvalue weighted by Gasteiger charge is 2.12. The molecule has 0 amide bonds. The SMILES string of the molecule is CCCNC(CCN(C)CC(C)C)c1ccc(C)cc1. The van der Waals surface area contributed by atoms with Gasteiger partial charge >= 0.3 is 0 Å². The van der Waals surface area contributed by atoms with Gasteiger partial charge in [-0.05, 0) is 51.4 Å². The van der Waals surface area contributed by atoms with Crippen molar-refractivity contribution in [2.24, 2.45) is 5.92 Å². The number of benzene rings is 1. The summed E-state index contributed by atoms with van der Waals surface area (Å²) in [6.07, 6.45) is 2.36. The molecule has 20 heavy (non-hydrogen) atoms. The molecule has 2 heteroatoms.